The maximum Gasteiger partial charge on any atom is 0.310 e. The van der Waals surface area contributed by atoms with Crippen LogP contribution in [0, 0.1) is 6.92 Å². The second-order valence-electron chi connectivity index (χ2n) is 7.43. The molecule has 0 amide bonds. The Balaban J connectivity index is 2.08. The van der Waals surface area contributed by atoms with E-state index >= 15 is 0 Å². The van der Waals surface area contributed by atoms with Crippen LogP contribution in [0.1, 0.15) is 107 Å². The summed E-state index contributed by atoms with van der Waals surface area (Å²) in [6, 6.07) is 7.89. The minimum atomic E-state index is -0.683. The molecular weight excluding hydrogens is 308 g/mol. The third-order valence-electron chi connectivity index (χ3n) is 5.21. The Hall–Kier alpha value is -1.31. The van der Waals surface area contributed by atoms with Crippen LogP contribution in [0.15, 0.2) is 24.3 Å². The first-order chi connectivity index (χ1) is 12.2. The summed E-state index contributed by atoms with van der Waals surface area (Å²) in [5.74, 6) is -1.03. The Morgan fingerprint density at radius 3 is 1.80 bits per heavy atom. The van der Waals surface area contributed by atoms with Gasteiger partial charge in [-0.2, -0.15) is 0 Å². The van der Waals surface area contributed by atoms with Gasteiger partial charge in [-0.1, -0.05) is 108 Å². The van der Waals surface area contributed by atoms with Crippen molar-refractivity contribution >= 4 is 5.97 Å². The fourth-order valence-corrected chi connectivity index (χ4v) is 3.58. The van der Waals surface area contributed by atoms with Gasteiger partial charge in [0.15, 0.2) is 0 Å². The second kappa shape index (κ2) is 13.9. The summed E-state index contributed by atoms with van der Waals surface area (Å²) < 4.78 is 0. The summed E-state index contributed by atoms with van der Waals surface area (Å²) in [4.78, 5) is 11.6. The van der Waals surface area contributed by atoms with Crippen LogP contribution in [-0.2, 0) is 4.79 Å². The number of benzene rings is 1. The summed E-state index contributed by atoms with van der Waals surface area (Å²) in [6.45, 7) is 4.27. The zero-order valence-corrected chi connectivity index (χ0v) is 16.4. The number of carbonyl (C=O) groups is 1. The van der Waals surface area contributed by atoms with Gasteiger partial charge >= 0.3 is 5.97 Å². The number of hydrogen-bond acceptors (Lipinski definition) is 1. The normalized spacial score (nSPS) is 12.2. The molecule has 0 spiro atoms. The molecule has 1 unspecified atom stereocenters. The van der Waals surface area contributed by atoms with Gasteiger partial charge < -0.3 is 5.11 Å². The Morgan fingerprint density at radius 1 is 0.840 bits per heavy atom. The second-order valence-corrected chi connectivity index (χ2v) is 7.43. The van der Waals surface area contributed by atoms with E-state index in [-0.39, 0.29) is 5.92 Å². The number of hydrogen-bond donors (Lipinski definition) is 1. The quantitative estimate of drug-likeness (QED) is 0.339. The van der Waals surface area contributed by atoms with Crippen molar-refractivity contribution in [3.63, 3.8) is 0 Å². The fourth-order valence-electron chi connectivity index (χ4n) is 3.58. The summed E-state index contributed by atoms with van der Waals surface area (Å²) in [5.41, 5.74) is 2.08. The molecule has 0 bridgehead atoms. The van der Waals surface area contributed by atoms with E-state index in [9.17, 15) is 9.90 Å². The highest BCUT2D eigenvalue weighted by Gasteiger charge is 2.20. The molecule has 0 aliphatic heterocycles. The van der Waals surface area contributed by atoms with Gasteiger partial charge in [-0.05, 0) is 24.5 Å². The SMILES string of the molecule is CCCCCCCCCCCCCCC(C(=O)O)c1ccccc1C. The van der Waals surface area contributed by atoms with Gasteiger partial charge in [0.2, 0.25) is 0 Å². The number of aryl methyl sites for hydroxylation is 1. The van der Waals surface area contributed by atoms with E-state index in [0.29, 0.717) is 0 Å². The third kappa shape index (κ3) is 9.67. The van der Waals surface area contributed by atoms with Gasteiger partial charge in [0, 0.05) is 0 Å². The molecule has 0 aliphatic rings. The summed E-state index contributed by atoms with van der Waals surface area (Å²) in [7, 11) is 0. The van der Waals surface area contributed by atoms with Crippen LogP contribution in [0.2, 0.25) is 0 Å². The summed E-state index contributed by atoms with van der Waals surface area (Å²) in [6.07, 6.45) is 16.5. The molecule has 0 saturated heterocycles. The summed E-state index contributed by atoms with van der Waals surface area (Å²) in [5, 5.41) is 9.53. The predicted octanol–water partition coefficient (Wildman–Crippen LogP) is 7.25. The van der Waals surface area contributed by atoms with Gasteiger partial charge in [-0.25, -0.2) is 0 Å². The number of carboxylic acids is 1. The Morgan fingerprint density at radius 2 is 1.32 bits per heavy atom. The van der Waals surface area contributed by atoms with Crippen molar-refractivity contribution in [1.82, 2.24) is 0 Å². The van der Waals surface area contributed by atoms with Crippen molar-refractivity contribution in [2.45, 2.75) is 103 Å². The molecule has 1 atom stereocenters. The molecule has 0 fully saturated rings. The Labute approximate surface area is 155 Å². The van der Waals surface area contributed by atoms with Crippen LogP contribution >= 0.6 is 0 Å². The topological polar surface area (TPSA) is 37.3 Å². The average molecular weight is 347 g/mol. The van der Waals surface area contributed by atoms with Crippen LogP contribution in [0.25, 0.3) is 0 Å². The predicted molar refractivity (Wildman–Crippen MR) is 107 cm³/mol. The number of aliphatic carboxylic acids is 1. The lowest BCUT2D eigenvalue weighted by atomic mass is 9.90. The highest BCUT2D eigenvalue weighted by molar-refractivity contribution is 5.76. The molecule has 25 heavy (non-hydrogen) atoms. The van der Waals surface area contributed by atoms with Crippen molar-refractivity contribution in [3.05, 3.63) is 35.4 Å². The third-order valence-corrected chi connectivity index (χ3v) is 5.21. The minimum absolute atomic E-state index is 0.343. The van der Waals surface area contributed by atoms with Crippen LogP contribution < -0.4 is 0 Å². The Bertz CT molecular complexity index is 467. The molecule has 1 aromatic rings. The molecule has 0 heterocycles. The molecule has 0 saturated carbocycles. The van der Waals surface area contributed by atoms with Gasteiger partial charge in [0.05, 0.1) is 5.92 Å². The van der Waals surface area contributed by atoms with Gasteiger partial charge in [-0.3, -0.25) is 4.79 Å². The van der Waals surface area contributed by atoms with Crippen molar-refractivity contribution < 1.29 is 9.90 Å². The minimum Gasteiger partial charge on any atom is -0.481 e. The van der Waals surface area contributed by atoms with Crippen LogP contribution in [0.3, 0.4) is 0 Å². The molecule has 0 aromatic heterocycles. The zero-order valence-electron chi connectivity index (χ0n) is 16.4. The maximum atomic E-state index is 11.6. The zero-order chi connectivity index (χ0) is 18.3. The van der Waals surface area contributed by atoms with Crippen LogP contribution in [0.5, 0.6) is 0 Å². The van der Waals surface area contributed by atoms with E-state index in [4.69, 9.17) is 0 Å². The molecule has 0 aliphatic carbocycles. The first kappa shape index (κ1) is 21.7. The highest BCUT2D eigenvalue weighted by Crippen LogP contribution is 2.26. The molecule has 1 aromatic carbocycles. The molecule has 2 heteroatoms. The first-order valence-electron chi connectivity index (χ1n) is 10.4. The van der Waals surface area contributed by atoms with Gasteiger partial charge in [0.1, 0.15) is 0 Å². The monoisotopic (exact) mass is 346 g/mol. The van der Waals surface area contributed by atoms with E-state index in [1.807, 2.05) is 31.2 Å². The van der Waals surface area contributed by atoms with Crippen LogP contribution in [0.4, 0.5) is 0 Å². The van der Waals surface area contributed by atoms with E-state index in [1.165, 1.54) is 64.2 Å². The van der Waals surface area contributed by atoms with E-state index in [1.54, 1.807) is 0 Å². The molecule has 1 rings (SSSR count). The van der Waals surface area contributed by atoms with Crippen molar-refractivity contribution in [1.29, 1.82) is 0 Å². The van der Waals surface area contributed by atoms with Crippen molar-refractivity contribution in [2.24, 2.45) is 0 Å². The van der Waals surface area contributed by atoms with E-state index < -0.39 is 5.97 Å². The standard InChI is InChI=1S/C23H38O2/c1-3-4-5-6-7-8-9-10-11-12-13-14-19-22(23(24)25)21-18-16-15-17-20(21)2/h15-18,22H,3-14,19H2,1-2H3,(H,24,25). The van der Waals surface area contributed by atoms with Crippen molar-refractivity contribution in [3.8, 4) is 0 Å². The smallest absolute Gasteiger partial charge is 0.310 e. The van der Waals surface area contributed by atoms with Crippen LogP contribution in [-0.4, -0.2) is 11.1 Å². The lowest BCUT2D eigenvalue weighted by Gasteiger charge is -2.15. The number of rotatable bonds is 15. The molecule has 0 radical (unpaired) electrons. The molecule has 142 valence electrons. The van der Waals surface area contributed by atoms with Gasteiger partial charge in [-0.15, -0.1) is 0 Å². The summed E-state index contributed by atoms with van der Waals surface area (Å²) >= 11 is 0. The number of unbranched alkanes of at least 4 members (excludes halogenated alkanes) is 11. The highest BCUT2D eigenvalue weighted by atomic mass is 16.4. The Kier molecular flexibility index (Phi) is 12.1. The molecular formula is C23H38O2. The fraction of sp³-hybridized carbons (Fsp3) is 0.696. The van der Waals surface area contributed by atoms with Gasteiger partial charge in [0.25, 0.3) is 0 Å². The van der Waals surface area contributed by atoms with Crippen molar-refractivity contribution in [2.75, 3.05) is 0 Å². The largest absolute Gasteiger partial charge is 0.481 e. The molecule has 2 nitrogen and oxygen atoms in total. The van der Waals surface area contributed by atoms with E-state index in [2.05, 4.69) is 6.92 Å². The first-order valence-corrected chi connectivity index (χ1v) is 10.4. The lowest BCUT2D eigenvalue weighted by molar-refractivity contribution is -0.139. The number of carboxylic acid groups (broad SMARTS) is 1. The lowest BCUT2D eigenvalue weighted by Crippen LogP contribution is -2.12. The van der Waals surface area contributed by atoms with E-state index in [0.717, 1.165) is 30.4 Å². The maximum absolute atomic E-state index is 11.6. The molecule has 1 N–H and O–H groups in total. The average Bonchev–Trinajstić information content (AvgIpc) is 2.60.